The lowest BCUT2D eigenvalue weighted by Gasteiger charge is -2.12. The summed E-state index contributed by atoms with van der Waals surface area (Å²) in [6.45, 7) is 1.84. The highest BCUT2D eigenvalue weighted by molar-refractivity contribution is 9.10. The van der Waals surface area contributed by atoms with E-state index in [0.717, 1.165) is 5.56 Å². The molecule has 3 nitrogen and oxygen atoms in total. The van der Waals surface area contributed by atoms with Crippen molar-refractivity contribution in [1.29, 1.82) is 0 Å². The molecule has 0 unspecified atom stereocenters. The molecule has 1 aromatic rings. The van der Waals surface area contributed by atoms with Crippen molar-refractivity contribution in [2.45, 2.75) is 6.92 Å². The van der Waals surface area contributed by atoms with E-state index in [1.54, 1.807) is 20.0 Å². The first-order chi connectivity index (χ1) is 7.52. The molecule has 0 heterocycles. The average Bonchev–Trinajstić information content (AvgIpc) is 2.23. The maximum atomic E-state index is 13.8. The summed E-state index contributed by atoms with van der Waals surface area (Å²) in [6.07, 6.45) is 0. The molecule has 0 aliphatic rings. The fraction of sp³-hybridized carbons (Fsp3) is 0.364. The van der Waals surface area contributed by atoms with Gasteiger partial charge in [-0.1, -0.05) is 0 Å². The number of carbonyl (C=O) groups is 1. The van der Waals surface area contributed by atoms with Crippen LogP contribution in [0.5, 0.6) is 5.75 Å². The maximum absolute atomic E-state index is 13.8. The molecule has 88 valence electrons. The average molecular weight is 290 g/mol. The molecule has 0 bridgehead atoms. The van der Waals surface area contributed by atoms with Gasteiger partial charge in [-0.05, 0) is 41.5 Å². The first-order valence-electron chi connectivity index (χ1n) is 4.73. The summed E-state index contributed by atoms with van der Waals surface area (Å²) in [5.41, 5.74) is 0.707. The number of benzene rings is 1. The number of hydrogen-bond acceptors (Lipinski definition) is 3. The monoisotopic (exact) mass is 289 g/mol. The van der Waals surface area contributed by atoms with Crippen LogP contribution in [0, 0.1) is 12.7 Å². The van der Waals surface area contributed by atoms with Crippen molar-refractivity contribution in [1.82, 2.24) is 5.32 Å². The summed E-state index contributed by atoms with van der Waals surface area (Å²) in [5, 5.41) is 2.70. The second kappa shape index (κ2) is 5.41. The van der Waals surface area contributed by atoms with Crippen LogP contribution in [0.2, 0.25) is 0 Å². The number of aryl methyl sites for hydroxylation is 1. The number of rotatable bonds is 4. The van der Waals surface area contributed by atoms with Gasteiger partial charge in [0.2, 0.25) is 0 Å². The van der Waals surface area contributed by atoms with E-state index < -0.39 is 5.82 Å². The van der Waals surface area contributed by atoms with Crippen molar-refractivity contribution in [2.24, 2.45) is 0 Å². The molecule has 5 heteroatoms. The van der Waals surface area contributed by atoms with Gasteiger partial charge < -0.3 is 10.1 Å². The lowest BCUT2D eigenvalue weighted by molar-refractivity contribution is 0.0986. The fourth-order valence-corrected chi connectivity index (χ4v) is 2.04. The van der Waals surface area contributed by atoms with E-state index in [-0.39, 0.29) is 22.4 Å². The van der Waals surface area contributed by atoms with Crippen molar-refractivity contribution < 1.29 is 13.9 Å². The van der Waals surface area contributed by atoms with Gasteiger partial charge in [0.05, 0.1) is 23.7 Å². The van der Waals surface area contributed by atoms with Crippen LogP contribution < -0.4 is 10.1 Å². The number of ether oxygens (including phenoxy) is 1. The fourth-order valence-electron chi connectivity index (χ4n) is 1.50. The minimum atomic E-state index is -0.581. The third-order valence-electron chi connectivity index (χ3n) is 2.18. The van der Waals surface area contributed by atoms with E-state index >= 15 is 0 Å². The van der Waals surface area contributed by atoms with Gasteiger partial charge in [0.25, 0.3) is 0 Å². The summed E-state index contributed by atoms with van der Waals surface area (Å²) in [6, 6.07) is 1.59. The summed E-state index contributed by atoms with van der Waals surface area (Å²) >= 11 is 3.08. The number of halogens is 2. The highest BCUT2D eigenvalue weighted by Crippen LogP contribution is 2.31. The third kappa shape index (κ3) is 2.41. The first kappa shape index (κ1) is 13.1. The Kier molecular flexibility index (Phi) is 4.44. The Morgan fingerprint density at radius 1 is 1.62 bits per heavy atom. The molecule has 0 saturated carbocycles. The highest BCUT2D eigenvalue weighted by Gasteiger charge is 2.21. The zero-order valence-corrected chi connectivity index (χ0v) is 10.9. The molecule has 0 atom stereocenters. The molecular weight excluding hydrogens is 277 g/mol. The Labute approximate surface area is 102 Å². The maximum Gasteiger partial charge on any atom is 0.183 e. The van der Waals surface area contributed by atoms with Crippen molar-refractivity contribution in [3.05, 3.63) is 27.5 Å². The first-order valence-corrected chi connectivity index (χ1v) is 5.52. The van der Waals surface area contributed by atoms with Gasteiger partial charge in [0.15, 0.2) is 11.6 Å². The van der Waals surface area contributed by atoms with Gasteiger partial charge >= 0.3 is 0 Å². The molecule has 0 radical (unpaired) electrons. The van der Waals surface area contributed by atoms with Crippen LogP contribution in [-0.4, -0.2) is 26.5 Å². The smallest absolute Gasteiger partial charge is 0.183 e. The lowest BCUT2D eigenvalue weighted by Crippen LogP contribution is -2.20. The number of hydrogen-bond donors (Lipinski definition) is 1. The second-order valence-electron chi connectivity index (χ2n) is 3.35. The quantitative estimate of drug-likeness (QED) is 0.865. The van der Waals surface area contributed by atoms with Crippen molar-refractivity contribution in [3.8, 4) is 5.75 Å². The predicted molar refractivity (Wildman–Crippen MR) is 63.6 cm³/mol. The third-order valence-corrected chi connectivity index (χ3v) is 2.75. The molecule has 0 aromatic heterocycles. The molecular formula is C11H13BrFNO2. The molecule has 1 aromatic carbocycles. The second-order valence-corrected chi connectivity index (χ2v) is 4.21. The van der Waals surface area contributed by atoms with Crippen LogP contribution >= 0.6 is 15.9 Å². The van der Waals surface area contributed by atoms with Crippen LogP contribution in [-0.2, 0) is 0 Å². The SMILES string of the molecule is CNCC(=O)c1c(F)c(Br)cc(C)c1OC. The van der Waals surface area contributed by atoms with Crippen molar-refractivity contribution in [2.75, 3.05) is 20.7 Å². The summed E-state index contributed by atoms with van der Waals surface area (Å²) in [4.78, 5) is 11.7. The van der Waals surface area contributed by atoms with E-state index in [0.29, 0.717) is 5.75 Å². The number of likely N-dealkylation sites (N-methyl/N-ethyl adjacent to an activating group) is 1. The molecule has 0 spiro atoms. The Morgan fingerprint density at radius 3 is 2.75 bits per heavy atom. The Balaban J connectivity index is 3.38. The molecule has 0 amide bonds. The number of nitrogens with one attached hydrogen (secondary N) is 1. The Morgan fingerprint density at radius 2 is 2.25 bits per heavy atom. The topological polar surface area (TPSA) is 38.3 Å². The molecule has 0 aliphatic carbocycles. The summed E-state index contributed by atoms with van der Waals surface area (Å²) in [5.74, 6) is -0.620. The van der Waals surface area contributed by atoms with Crippen LogP contribution in [0.4, 0.5) is 4.39 Å². The Bertz CT molecular complexity index is 421. The number of Topliss-reactive ketones (excluding diaryl/α,β-unsaturated/α-hetero) is 1. The van der Waals surface area contributed by atoms with Crippen LogP contribution in [0.25, 0.3) is 0 Å². The lowest BCUT2D eigenvalue weighted by atomic mass is 10.0. The number of carbonyl (C=O) groups excluding carboxylic acids is 1. The van der Waals surface area contributed by atoms with E-state index in [2.05, 4.69) is 21.2 Å². The standard InChI is InChI=1S/C11H13BrFNO2/c1-6-4-7(12)10(13)9(11(6)16-3)8(15)5-14-2/h4,14H,5H2,1-3H3. The Hall–Kier alpha value is -0.940. The normalized spacial score (nSPS) is 10.3. The van der Waals surface area contributed by atoms with E-state index in [9.17, 15) is 9.18 Å². The van der Waals surface area contributed by atoms with Gasteiger partial charge in [0.1, 0.15) is 5.75 Å². The van der Waals surface area contributed by atoms with Gasteiger partial charge in [0, 0.05) is 0 Å². The van der Waals surface area contributed by atoms with E-state index in [1.165, 1.54) is 7.11 Å². The molecule has 0 aliphatic heterocycles. The van der Waals surface area contributed by atoms with Crippen molar-refractivity contribution >= 4 is 21.7 Å². The minimum Gasteiger partial charge on any atom is -0.496 e. The van der Waals surface area contributed by atoms with Crippen LogP contribution in [0.15, 0.2) is 10.5 Å². The molecule has 0 saturated heterocycles. The van der Waals surface area contributed by atoms with Gasteiger partial charge in [-0.3, -0.25) is 4.79 Å². The molecule has 1 rings (SSSR count). The zero-order chi connectivity index (χ0) is 12.3. The predicted octanol–water partition coefficient (Wildman–Crippen LogP) is 2.31. The van der Waals surface area contributed by atoms with Crippen LogP contribution in [0.3, 0.4) is 0 Å². The number of ketones is 1. The molecule has 16 heavy (non-hydrogen) atoms. The van der Waals surface area contributed by atoms with Crippen molar-refractivity contribution in [3.63, 3.8) is 0 Å². The summed E-state index contributed by atoms with van der Waals surface area (Å²) in [7, 11) is 3.05. The van der Waals surface area contributed by atoms with E-state index in [4.69, 9.17) is 4.74 Å². The number of methoxy groups -OCH3 is 1. The molecule has 0 fully saturated rings. The highest BCUT2D eigenvalue weighted by atomic mass is 79.9. The zero-order valence-electron chi connectivity index (χ0n) is 9.36. The van der Waals surface area contributed by atoms with Gasteiger partial charge in [-0.2, -0.15) is 0 Å². The molecule has 1 N–H and O–H groups in total. The largest absolute Gasteiger partial charge is 0.496 e. The minimum absolute atomic E-state index is 0.0104. The summed E-state index contributed by atoms with van der Waals surface area (Å²) < 4.78 is 19.2. The van der Waals surface area contributed by atoms with Gasteiger partial charge in [-0.25, -0.2) is 4.39 Å². The van der Waals surface area contributed by atoms with E-state index in [1.807, 2.05) is 0 Å². The van der Waals surface area contributed by atoms with Crippen LogP contribution in [0.1, 0.15) is 15.9 Å². The van der Waals surface area contributed by atoms with Gasteiger partial charge in [-0.15, -0.1) is 0 Å².